The van der Waals surface area contributed by atoms with Crippen molar-refractivity contribution in [3.05, 3.63) is 39.8 Å². The molecule has 6 nitrogen and oxygen atoms in total. The predicted octanol–water partition coefficient (Wildman–Crippen LogP) is 2.27. The summed E-state index contributed by atoms with van der Waals surface area (Å²) in [6, 6.07) is 5.14. The zero-order valence-electron chi connectivity index (χ0n) is 13.3. The molecule has 0 atom stereocenters. The summed E-state index contributed by atoms with van der Waals surface area (Å²) < 4.78 is 29.4. The normalized spacial score (nSPS) is 17.2. The van der Waals surface area contributed by atoms with Gasteiger partial charge in [0, 0.05) is 30.6 Å². The van der Waals surface area contributed by atoms with Crippen molar-refractivity contribution in [2.75, 3.05) is 18.3 Å². The first-order chi connectivity index (χ1) is 11.2. The lowest BCUT2D eigenvalue weighted by Crippen LogP contribution is -2.36. The molecule has 3 rings (SSSR count). The summed E-state index contributed by atoms with van der Waals surface area (Å²) >= 11 is 1.18. The predicted molar refractivity (Wildman–Crippen MR) is 91.6 cm³/mol. The van der Waals surface area contributed by atoms with Gasteiger partial charge >= 0.3 is 0 Å². The highest BCUT2D eigenvalue weighted by atomic mass is 32.2. The van der Waals surface area contributed by atoms with E-state index in [1.54, 1.807) is 18.2 Å². The number of ether oxygens (including phenoxy) is 1. The molecule has 1 aliphatic carbocycles. The van der Waals surface area contributed by atoms with E-state index in [1.807, 2.05) is 0 Å². The minimum atomic E-state index is -3.52. The Morgan fingerprint density at radius 1 is 1.33 bits per heavy atom. The lowest BCUT2D eigenvalue weighted by atomic mass is 10.1. The highest BCUT2D eigenvalue weighted by molar-refractivity contribution is 8.06. The zero-order chi connectivity index (χ0) is 17.6. The lowest BCUT2D eigenvalue weighted by Gasteiger charge is -2.34. The Hall–Kier alpha value is -2.06. The van der Waals surface area contributed by atoms with Gasteiger partial charge in [-0.3, -0.25) is 14.5 Å². The molecular formula is C16H15NO5S2. The maximum Gasteiger partial charge on any atom is 0.228 e. The smallest absolute Gasteiger partial charge is 0.228 e. The fourth-order valence-electron chi connectivity index (χ4n) is 2.71. The fraction of sp³-hybridized carbons (Fsp3) is 0.250. The third-order valence-corrected chi connectivity index (χ3v) is 6.21. The Balaban J connectivity index is 2.27. The number of hydrogen-bond donors (Lipinski definition) is 0. The first-order valence-electron chi connectivity index (χ1n) is 7.08. The number of methoxy groups -OCH3 is 1. The van der Waals surface area contributed by atoms with Gasteiger partial charge in [-0.2, -0.15) is 0 Å². The molecule has 1 aromatic rings. The van der Waals surface area contributed by atoms with E-state index < -0.39 is 9.84 Å². The molecule has 1 aliphatic heterocycles. The van der Waals surface area contributed by atoms with Gasteiger partial charge in [0.25, 0.3) is 0 Å². The molecule has 24 heavy (non-hydrogen) atoms. The quantitative estimate of drug-likeness (QED) is 0.800. The van der Waals surface area contributed by atoms with Crippen LogP contribution in [0.1, 0.15) is 13.3 Å². The number of thioether (sulfide) groups is 1. The highest BCUT2D eigenvalue weighted by Gasteiger charge is 2.38. The van der Waals surface area contributed by atoms with Gasteiger partial charge in [0.1, 0.15) is 11.4 Å². The molecule has 1 amide bonds. The molecule has 0 aromatic heterocycles. The Morgan fingerprint density at radius 2 is 2.04 bits per heavy atom. The monoisotopic (exact) mass is 365 g/mol. The number of sulfone groups is 1. The summed E-state index contributed by atoms with van der Waals surface area (Å²) in [4.78, 5) is 27.1. The summed E-state index contributed by atoms with van der Waals surface area (Å²) in [5, 5.41) is 0. The van der Waals surface area contributed by atoms with Crippen molar-refractivity contribution in [3.63, 3.8) is 0 Å². The molecule has 0 unspecified atom stereocenters. The van der Waals surface area contributed by atoms with Crippen molar-refractivity contribution in [2.24, 2.45) is 0 Å². The minimum absolute atomic E-state index is 0.0507. The number of anilines is 1. The number of amides is 1. The number of Topliss-reactive ketones (excluding diaryl/α,β-unsaturated/α-hetero) is 1. The van der Waals surface area contributed by atoms with Gasteiger partial charge in [-0.05, 0) is 12.1 Å². The van der Waals surface area contributed by atoms with Crippen LogP contribution in [0.25, 0.3) is 0 Å². The first kappa shape index (κ1) is 16.8. The van der Waals surface area contributed by atoms with Crippen molar-refractivity contribution in [1.29, 1.82) is 0 Å². The highest BCUT2D eigenvalue weighted by Crippen LogP contribution is 2.49. The number of carbonyl (C=O) groups is 2. The van der Waals surface area contributed by atoms with Gasteiger partial charge in [0.2, 0.25) is 5.91 Å². The van der Waals surface area contributed by atoms with Gasteiger partial charge in [0.05, 0.1) is 22.6 Å². The minimum Gasteiger partial charge on any atom is -0.497 e. The summed E-state index contributed by atoms with van der Waals surface area (Å²) in [6.45, 7) is 1.34. The SMILES string of the molecule is COc1ccc2c(c1)N(C(C)=O)C1=C(S2)C(S(C)(=O)=O)=CCC1=O. The van der Waals surface area contributed by atoms with E-state index in [9.17, 15) is 18.0 Å². The maximum atomic E-state index is 12.4. The van der Waals surface area contributed by atoms with Crippen LogP contribution in [-0.4, -0.2) is 33.5 Å². The van der Waals surface area contributed by atoms with E-state index in [0.29, 0.717) is 21.2 Å². The number of rotatable bonds is 2. The van der Waals surface area contributed by atoms with Gasteiger partial charge in [-0.1, -0.05) is 17.8 Å². The van der Waals surface area contributed by atoms with Crippen LogP contribution in [0.4, 0.5) is 5.69 Å². The van der Waals surface area contributed by atoms with Crippen LogP contribution >= 0.6 is 11.8 Å². The van der Waals surface area contributed by atoms with Crippen molar-refractivity contribution < 1.29 is 22.7 Å². The molecule has 1 heterocycles. The van der Waals surface area contributed by atoms with E-state index in [2.05, 4.69) is 0 Å². The fourth-order valence-corrected chi connectivity index (χ4v) is 5.20. The molecule has 0 fully saturated rings. The summed E-state index contributed by atoms with van der Waals surface area (Å²) in [5.41, 5.74) is 0.643. The third kappa shape index (κ3) is 2.65. The second-order valence-electron chi connectivity index (χ2n) is 5.44. The largest absolute Gasteiger partial charge is 0.497 e. The molecule has 1 aromatic carbocycles. The number of fused-ring (bicyclic) bond motifs is 1. The van der Waals surface area contributed by atoms with Crippen LogP contribution in [0.3, 0.4) is 0 Å². The van der Waals surface area contributed by atoms with Gasteiger partial charge in [-0.25, -0.2) is 8.42 Å². The second kappa shape index (κ2) is 5.78. The van der Waals surface area contributed by atoms with E-state index in [4.69, 9.17) is 4.74 Å². The van der Waals surface area contributed by atoms with Crippen molar-refractivity contribution in [1.82, 2.24) is 0 Å². The van der Waals surface area contributed by atoms with Crippen molar-refractivity contribution >= 4 is 39.0 Å². The second-order valence-corrected chi connectivity index (χ2v) is 8.47. The van der Waals surface area contributed by atoms with Crippen molar-refractivity contribution in [2.45, 2.75) is 18.2 Å². The van der Waals surface area contributed by atoms with Crippen LogP contribution in [0.2, 0.25) is 0 Å². The van der Waals surface area contributed by atoms with Crippen LogP contribution in [0.15, 0.2) is 44.7 Å². The van der Waals surface area contributed by atoms with Gasteiger partial charge in [-0.15, -0.1) is 0 Å². The number of benzene rings is 1. The van der Waals surface area contributed by atoms with E-state index in [1.165, 1.54) is 36.8 Å². The first-order valence-corrected chi connectivity index (χ1v) is 9.79. The summed E-state index contributed by atoms with van der Waals surface area (Å²) in [7, 11) is -2.01. The van der Waals surface area contributed by atoms with Crippen LogP contribution in [0.5, 0.6) is 5.75 Å². The molecule has 2 aliphatic rings. The van der Waals surface area contributed by atoms with E-state index >= 15 is 0 Å². The Morgan fingerprint density at radius 3 is 2.62 bits per heavy atom. The van der Waals surface area contributed by atoms with E-state index in [-0.39, 0.29) is 28.7 Å². The maximum absolute atomic E-state index is 12.4. The van der Waals surface area contributed by atoms with Gasteiger partial charge < -0.3 is 4.74 Å². The molecule has 0 bridgehead atoms. The topological polar surface area (TPSA) is 80.8 Å². The Labute approximate surface area is 144 Å². The average molecular weight is 365 g/mol. The number of nitrogens with zero attached hydrogens (tertiary/aromatic N) is 1. The van der Waals surface area contributed by atoms with Crippen LogP contribution < -0.4 is 9.64 Å². The van der Waals surface area contributed by atoms with Crippen LogP contribution in [-0.2, 0) is 19.4 Å². The van der Waals surface area contributed by atoms with Gasteiger partial charge in [0.15, 0.2) is 15.6 Å². The molecule has 126 valence electrons. The number of allylic oxidation sites excluding steroid dienone is 2. The molecular weight excluding hydrogens is 350 g/mol. The summed E-state index contributed by atoms with van der Waals surface area (Å²) in [6.07, 6.45) is 2.46. The standard InChI is InChI=1S/C16H15NO5S2/c1-9(18)17-11-8-10(22-2)4-6-13(11)23-16-14(24(3,20)21)7-5-12(19)15(16)17/h4,6-8H,5H2,1-3H3. The number of ketones is 1. The molecule has 0 radical (unpaired) electrons. The third-order valence-electron chi connectivity index (χ3n) is 3.73. The molecule has 0 spiro atoms. The average Bonchev–Trinajstić information content (AvgIpc) is 2.51. The Kier molecular flexibility index (Phi) is 4.05. The lowest BCUT2D eigenvalue weighted by molar-refractivity contribution is -0.119. The molecule has 0 N–H and O–H groups in total. The zero-order valence-corrected chi connectivity index (χ0v) is 15.0. The molecule has 0 saturated heterocycles. The van der Waals surface area contributed by atoms with Crippen LogP contribution in [0, 0.1) is 0 Å². The number of carbonyl (C=O) groups excluding carboxylic acids is 2. The molecule has 8 heteroatoms. The Bertz CT molecular complexity index is 928. The summed E-state index contributed by atoms with van der Waals surface area (Å²) in [5.74, 6) is -0.0965. The van der Waals surface area contributed by atoms with E-state index in [0.717, 1.165) is 6.26 Å². The molecule has 0 saturated carbocycles. The number of hydrogen-bond acceptors (Lipinski definition) is 6. The van der Waals surface area contributed by atoms with Crippen molar-refractivity contribution in [3.8, 4) is 5.75 Å².